The Labute approximate surface area is 180 Å². The van der Waals surface area contributed by atoms with Gasteiger partial charge in [-0.25, -0.2) is 14.3 Å². The smallest absolute Gasteiger partial charge is 0.357 e. The van der Waals surface area contributed by atoms with Crippen LogP contribution in [0, 0.1) is 0 Å². The number of thiophene rings is 1. The van der Waals surface area contributed by atoms with E-state index >= 15 is 0 Å². The standard InChI is InChI=1S/C21H19N3O6S/c1-30-21(29)16-13-8-4-5-9-14(13)31-18(16)22-15(25)10-24-19(26)12-7-3-2-6-11(12)17(23-24)20(27)28/h2-3,6-7H,4-5,8-10H2,1H3,(H,22,25)(H,27,28). The highest BCUT2D eigenvalue weighted by atomic mass is 32.1. The molecule has 1 aliphatic rings. The molecule has 0 saturated carbocycles. The quantitative estimate of drug-likeness (QED) is 0.582. The van der Waals surface area contributed by atoms with Crippen molar-refractivity contribution in [1.82, 2.24) is 9.78 Å². The maximum atomic E-state index is 12.7. The van der Waals surface area contributed by atoms with Gasteiger partial charge >= 0.3 is 11.9 Å². The second-order valence-corrected chi connectivity index (χ2v) is 8.22. The Bertz CT molecular complexity index is 1280. The van der Waals surface area contributed by atoms with Gasteiger partial charge in [-0.15, -0.1) is 11.3 Å². The van der Waals surface area contributed by atoms with Crippen LogP contribution >= 0.6 is 11.3 Å². The topological polar surface area (TPSA) is 128 Å². The Balaban J connectivity index is 1.68. The number of hydrogen-bond donors (Lipinski definition) is 2. The van der Waals surface area contributed by atoms with Crippen molar-refractivity contribution in [3.05, 3.63) is 56.3 Å². The summed E-state index contributed by atoms with van der Waals surface area (Å²) in [7, 11) is 1.28. The third kappa shape index (κ3) is 3.81. The summed E-state index contributed by atoms with van der Waals surface area (Å²) in [5.41, 5.74) is 0.354. The normalized spacial score (nSPS) is 12.9. The average molecular weight is 441 g/mol. The highest BCUT2D eigenvalue weighted by molar-refractivity contribution is 7.17. The minimum absolute atomic E-state index is 0.157. The molecule has 0 atom stereocenters. The van der Waals surface area contributed by atoms with Gasteiger partial charge in [0.1, 0.15) is 11.5 Å². The number of rotatable bonds is 5. The zero-order chi connectivity index (χ0) is 22.1. The van der Waals surface area contributed by atoms with Crippen molar-refractivity contribution in [2.24, 2.45) is 0 Å². The molecular weight excluding hydrogens is 422 g/mol. The van der Waals surface area contributed by atoms with Crippen LogP contribution in [0.2, 0.25) is 0 Å². The van der Waals surface area contributed by atoms with Crippen LogP contribution in [0.15, 0.2) is 29.1 Å². The summed E-state index contributed by atoms with van der Waals surface area (Å²) < 4.78 is 5.72. The van der Waals surface area contributed by atoms with Gasteiger partial charge in [-0.1, -0.05) is 18.2 Å². The monoisotopic (exact) mass is 441 g/mol. The molecule has 3 aromatic rings. The number of nitrogens with zero attached hydrogens (tertiary/aromatic N) is 2. The number of benzene rings is 1. The fraction of sp³-hybridized carbons (Fsp3) is 0.286. The summed E-state index contributed by atoms with van der Waals surface area (Å²) >= 11 is 1.32. The van der Waals surface area contributed by atoms with E-state index < -0.39 is 29.9 Å². The first-order valence-corrected chi connectivity index (χ1v) is 10.5. The number of aromatic carboxylic acids is 1. The van der Waals surface area contributed by atoms with Crippen molar-refractivity contribution in [3.8, 4) is 0 Å². The molecule has 2 heterocycles. The average Bonchev–Trinajstić information content (AvgIpc) is 3.12. The van der Waals surface area contributed by atoms with E-state index in [1.807, 2.05) is 0 Å². The number of hydrogen-bond acceptors (Lipinski definition) is 7. The fourth-order valence-electron chi connectivity index (χ4n) is 3.77. The highest BCUT2D eigenvalue weighted by Gasteiger charge is 2.27. The molecule has 31 heavy (non-hydrogen) atoms. The van der Waals surface area contributed by atoms with E-state index in [-0.39, 0.29) is 16.5 Å². The molecule has 0 aliphatic heterocycles. The molecule has 0 fully saturated rings. The Morgan fingerprint density at radius 2 is 1.90 bits per heavy atom. The predicted molar refractivity (Wildman–Crippen MR) is 114 cm³/mol. The first kappa shape index (κ1) is 20.7. The molecule has 1 aromatic carbocycles. The molecule has 4 rings (SSSR count). The number of fused-ring (bicyclic) bond motifs is 2. The number of amides is 1. The Morgan fingerprint density at radius 3 is 2.61 bits per heavy atom. The summed E-state index contributed by atoms with van der Waals surface area (Å²) in [6, 6.07) is 6.21. The van der Waals surface area contributed by atoms with Crippen molar-refractivity contribution in [2.75, 3.05) is 12.4 Å². The molecule has 0 radical (unpaired) electrons. The van der Waals surface area contributed by atoms with Gasteiger partial charge in [-0.2, -0.15) is 5.10 Å². The molecule has 0 bridgehead atoms. The van der Waals surface area contributed by atoms with Crippen molar-refractivity contribution in [1.29, 1.82) is 0 Å². The van der Waals surface area contributed by atoms with Crippen molar-refractivity contribution in [3.63, 3.8) is 0 Å². The Kier molecular flexibility index (Phi) is 5.55. The number of carboxylic acid groups (broad SMARTS) is 1. The molecule has 9 nitrogen and oxygen atoms in total. The number of nitrogens with one attached hydrogen (secondary N) is 1. The number of methoxy groups -OCH3 is 1. The minimum atomic E-state index is -1.30. The second kappa shape index (κ2) is 8.31. The van der Waals surface area contributed by atoms with E-state index in [0.717, 1.165) is 40.8 Å². The van der Waals surface area contributed by atoms with Gasteiger partial charge in [0.2, 0.25) is 5.91 Å². The lowest BCUT2D eigenvalue weighted by Gasteiger charge is -2.12. The van der Waals surface area contributed by atoms with Crippen LogP contribution < -0.4 is 10.9 Å². The molecule has 0 unspecified atom stereocenters. The molecule has 2 aromatic heterocycles. The van der Waals surface area contributed by atoms with Gasteiger partial charge in [0, 0.05) is 10.3 Å². The van der Waals surface area contributed by atoms with Crippen LogP contribution in [-0.4, -0.2) is 39.8 Å². The number of anilines is 1. The molecule has 0 spiro atoms. The lowest BCUT2D eigenvalue weighted by atomic mass is 9.95. The molecule has 2 N–H and O–H groups in total. The van der Waals surface area contributed by atoms with E-state index in [1.54, 1.807) is 12.1 Å². The zero-order valence-corrected chi connectivity index (χ0v) is 17.5. The lowest BCUT2D eigenvalue weighted by molar-refractivity contribution is -0.117. The van der Waals surface area contributed by atoms with Gasteiger partial charge in [-0.05, 0) is 37.3 Å². The molecular formula is C21H19N3O6S. The Hall–Kier alpha value is -3.53. The number of carboxylic acids is 1. The summed E-state index contributed by atoms with van der Waals surface area (Å²) in [6.07, 6.45) is 3.53. The van der Waals surface area contributed by atoms with Crippen LogP contribution in [0.25, 0.3) is 10.8 Å². The third-order valence-corrected chi connectivity index (χ3v) is 6.38. The summed E-state index contributed by atoms with van der Waals surface area (Å²) in [6.45, 7) is -0.493. The molecule has 160 valence electrons. The number of aryl methyl sites for hydroxylation is 1. The van der Waals surface area contributed by atoms with E-state index in [4.69, 9.17) is 4.74 Å². The number of aromatic nitrogens is 2. The van der Waals surface area contributed by atoms with E-state index in [0.29, 0.717) is 10.6 Å². The zero-order valence-electron chi connectivity index (χ0n) is 16.6. The van der Waals surface area contributed by atoms with E-state index in [1.165, 1.54) is 30.6 Å². The number of esters is 1. The van der Waals surface area contributed by atoms with Crippen LogP contribution in [0.5, 0.6) is 0 Å². The van der Waals surface area contributed by atoms with Crippen LogP contribution in [0.4, 0.5) is 5.00 Å². The fourth-order valence-corrected chi connectivity index (χ4v) is 5.07. The van der Waals surface area contributed by atoms with Crippen molar-refractivity contribution < 1.29 is 24.2 Å². The van der Waals surface area contributed by atoms with Gasteiger partial charge in [0.15, 0.2) is 5.69 Å². The number of carbonyl (C=O) groups is 3. The van der Waals surface area contributed by atoms with Crippen LogP contribution in [0.3, 0.4) is 0 Å². The van der Waals surface area contributed by atoms with Crippen LogP contribution in [-0.2, 0) is 28.9 Å². The first-order chi connectivity index (χ1) is 14.9. The number of ether oxygens (including phenoxy) is 1. The second-order valence-electron chi connectivity index (χ2n) is 7.12. The molecule has 0 saturated heterocycles. The minimum Gasteiger partial charge on any atom is -0.476 e. The third-order valence-electron chi connectivity index (χ3n) is 5.18. The predicted octanol–water partition coefficient (Wildman–Crippen LogP) is 2.46. The Morgan fingerprint density at radius 1 is 1.19 bits per heavy atom. The van der Waals surface area contributed by atoms with E-state index in [9.17, 15) is 24.3 Å². The van der Waals surface area contributed by atoms with Crippen molar-refractivity contribution in [2.45, 2.75) is 32.2 Å². The largest absolute Gasteiger partial charge is 0.476 e. The summed E-state index contributed by atoms with van der Waals surface area (Å²) in [4.78, 5) is 50.4. The summed E-state index contributed by atoms with van der Waals surface area (Å²) in [5.74, 6) is -2.42. The maximum absolute atomic E-state index is 12.7. The highest BCUT2D eigenvalue weighted by Crippen LogP contribution is 2.38. The SMILES string of the molecule is COC(=O)c1c(NC(=O)Cn2nc(C(=O)O)c3ccccc3c2=O)sc2c1CCCC2. The lowest BCUT2D eigenvalue weighted by Crippen LogP contribution is -2.31. The summed E-state index contributed by atoms with van der Waals surface area (Å²) in [5, 5.41) is 16.8. The van der Waals surface area contributed by atoms with Crippen molar-refractivity contribution >= 4 is 45.0 Å². The number of carbonyl (C=O) groups excluding carboxylic acids is 2. The molecule has 1 aliphatic carbocycles. The molecule has 10 heteroatoms. The maximum Gasteiger partial charge on any atom is 0.357 e. The van der Waals surface area contributed by atoms with Gasteiger partial charge in [-0.3, -0.25) is 9.59 Å². The first-order valence-electron chi connectivity index (χ1n) is 9.66. The van der Waals surface area contributed by atoms with Crippen LogP contribution in [0.1, 0.15) is 44.1 Å². The molecule has 1 amide bonds. The van der Waals surface area contributed by atoms with Gasteiger partial charge in [0.25, 0.3) is 5.56 Å². The van der Waals surface area contributed by atoms with Gasteiger partial charge in [0.05, 0.1) is 18.1 Å². The van der Waals surface area contributed by atoms with Gasteiger partial charge < -0.3 is 15.2 Å². The van der Waals surface area contributed by atoms with E-state index in [2.05, 4.69) is 10.4 Å².